The van der Waals surface area contributed by atoms with Gasteiger partial charge >= 0.3 is 0 Å². The van der Waals surface area contributed by atoms with E-state index in [2.05, 4.69) is 42.4 Å². The average molecular weight is 298 g/mol. The minimum atomic E-state index is 0.171. The van der Waals surface area contributed by atoms with Crippen LogP contribution in [-0.4, -0.2) is 48.6 Å². The molecule has 0 spiro atoms. The van der Waals surface area contributed by atoms with Crippen LogP contribution >= 0.6 is 11.8 Å². The standard InChI is InChI=1S/C15H26N2O2S/c1-4-18-10-15-19-14(11-20-15)17-7-5-13(6-8-17)16-9-12(2)3/h5-7,12,14-16H,4,8-11H2,1-3H3/t14-,15+/m1/s1. The molecule has 1 fully saturated rings. The summed E-state index contributed by atoms with van der Waals surface area (Å²) in [5.41, 5.74) is 1.39. The molecule has 2 aliphatic heterocycles. The fourth-order valence-electron chi connectivity index (χ4n) is 2.09. The third-order valence-electron chi connectivity index (χ3n) is 3.24. The second-order valence-corrected chi connectivity index (χ2v) is 6.65. The molecule has 0 aliphatic carbocycles. The monoisotopic (exact) mass is 298 g/mol. The van der Waals surface area contributed by atoms with Crippen LogP contribution in [0.15, 0.2) is 24.0 Å². The van der Waals surface area contributed by atoms with Gasteiger partial charge in [0.2, 0.25) is 0 Å². The third kappa shape index (κ3) is 4.72. The van der Waals surface area contributed by atoms with Crippen LogP contribution in [0.25, 0.3) is 0 Å². The molecule has 0 aromatic heterocycles. The van der Waals surface area contributed by atoms with Gasteiger partial charge in [-0.15, -0.1) is 11.8 Å². The zero-order chi connectivity index (χ0) is 14.4. The fraction of sp³-hybridized carbons (Fsp3) is 0.733. The maximum absolute atomic E-state index is 6.00. The van der Waals surface area contributed by atoms with Crippen LogP contribution in [-0.2, 0) is 9.47 Å². The van der Waals surface area contributed by atoms with Crippen molar-refractivity contribution in [2.24, 2.45) is 5.92 Å². The lowest BCUT2D eigenvalue weighted by Crippen LogP contribution is -2.35. The number of hydrogen-bond acceptors (Lipinski definition) is 5. The Kier molecular flexibility index (Phi) is 6.26. The zero-order valence-corrected chi connectivity index (χ0v) is 13.5. The number of nitrogens with one attached hydrogen (secondary N) is 1. The van der Waals surface area contributed by atoms with Crippen LogP contribution < -0.4 is 5.32 Å². The summed E-state index contributed by atoms with van der Waals surface area (Å²) in [6, 6.07) is 0. The van der Waals surface area contributed by atoms with Crippen molar-refractivity contribution in [3.8, 4) is 0 Å². The Labute approximate surface area is 126 Å². The van der Waals surface area contributed by atoms with E-state index in [9.17, 15) is 0 Å². The highest BCUT2D eigenvalue weighted by Gasteiger charge is 2.29. The van der Waals surface area contributed by atoms with Crippen LogP contribution in [0.5, 0.6) is 0 Å². The van der Waals surface area contributed by atoms with Gasteiger partial charge in [0.05, 0.1) is 6.61 Å². The van der Waals surface area contributed by atoms with Crippen molar-refractivity contribution in [1.29, 1.82) is 0 Å². The van der Waals surface area contributed by atoms with Crippen LogP contribution in [0, 0.1) is 5.92 Å². The Morgan fingerprint density at radius 3 is 3.05 bits per heavy atom. The van der Waals surface area contributed by atoms with Gasteiger partial charge in [0, 0.05) is 37.3 Å². The third-order valence-corrected chi connectivity index (χ3v) is 4.34. The highest BCUT2D eigenvalue weighted by atomic mass is 32.2. The minimum Gasteiger partial charge on any atom is -0.385 e. The van der Waals surface area contributed by atoms with Crippen molar-refractivity contribution < 1.29 is 9.47 Å². The van der Waals surface area contributed by atoms with Gasteiger partial charge in [-0.3, -0.25) is 0 Å². The van der Waals surface area contributed by atoms with E-state index in [1.54, 1.807) is 0 Å². The second-order valence-electron chi connectivity index (χ2n) is 5.46. The Hall–Kier alpha value is -0.650. The summed E-state index contributed by atoms with van der Waals surface area (Å²) in [6.45, 7) is 9.81. The molecule has 5 heteroatoms. The summed E-state index contributed by atoms with van der Waals surface area (Å²) in [4.78, 5) is 2.25. The SMILES string of the molecule is CCOC[C@H]1O[C@@H](N2C=CC(NCC(C)C)=CC2)CS1. The van der Waals surface area contributed by atoms with Crippen molar-refractivity contribution in [1.82, 2.24) is 10.2 Å². The lowest BCUT2D eigenvalue weighted by atomic mass is 10.2. The molecule has 0 saturated carbocycles. The predicted molar refractivity (Wildman–Crippen MR) is 84.4 cm³/mol. The van der Waals surface area contributed by atoms with Gasteiger partial charge in [0.1, 0.15) is 11.7 Å². The van der Waals surface area contributed by atoms with E-state index >= 15 is 0 Å². The number of hydrogen-bond donors (Lipinski definition) is 1. The molecular formula is C15H26N2O2S. The zero-order valence-electron chi connectivity index (χ0n) is 12.7. The maximum atomic E-state index is 6.00. The van der Waals surface area contributed by atoms with Crippen molar-refractivity contribution in [3.05, 3.63) is 24.0 Å². The molecule has 1 saturated heterocycles. The Bertz CT molecular complexity index is 358. The quantitative estimate of drug-likeness (QED) is 0.780. The first-order chi connectivity index (χ1) is 9.69. The normalized spacial score (nSPS) is 26.2. The highest BCUT2D eigenvalue weighted by molar-refractivity contribution is 8.00. The van der Waals surface area contributed by atoms with Crippen molar-refractivity contribution >= 4 is 11.8 Å². The number of rotatable bonds is 7. The Morgan fingerprint density at radius 1 is 1.55 bits per heavy atom. The Balaban J connectivity index is 1.73. The number of nitrogens with zero attached hydrogens (tertiary/aromatic N) is 1. The summed E-state index contributed by atoms with van der Waals surface area (Å²) < 4.78 is 11.4. The van der Waals surface area contributed by atoms with E-state index in [4.69, 9.17) is 9.47 Å². The van der Waals surface area contributed by atoms with E-state index in [0.29, 0.717) is 12.5 Å². The summed E-state index contributed by atoms with van der Waals surface area (Å²) in [5.74, 6) is 1.67. The first-order valence-electron chi connectivity index (χ1n) is 7.41. The molecule has 0 amide bonds. The molecule has 1 N–H and O–H groups in total. The summed E-state index contributed by atoms with van der Waals surface area (Å²) >= 11 is 1.84. The molecule has 4 nitrogen and oxygen atoms in total. The number of thioether (sulfide) groups is 1. The molecule has 2 aliphatic rings. The molecule has 0 aromatic rings. The van der Waals surface area contributed by atoms with Crippen molar-refractivity contribution in [2.45, 2.75) is 32.4 Å². The molecule has 0 unspecified atom stereocenters. The Morgan fingerprint density at radius 2 is 2.40 bits per heavy atom. The lowest BCUT2D eigenvalue weighted by molar-refractivity contribution is -0.0440. The van der Waals surface area contributed by atoms with E-state index < -0.39 is 0 Å². The first-order valence-corrected chi connectivity index (χ1v) is 8.46. The second kappa shape index (κ2) is 7.96. The lowest BCUT2D eigenvalue weighted by Gasteiger charge is -2.28. The largest absolute Gasteiger partial charge is 0.385 e. The minimum absolute atomic E-state index is 0.171. The van der Waals surface area contributed by atoms with Gasteiger partial charge < -0.3 is 19.7 Å². The maximum Gasteiger partial charge on any atom is 0.140 e. The van der Waals surface area contributed by atoms with Crippen LogP contribution in [0.3, 0.4) is 0 Å². The van der Waals surface area contributed by atoms with Gasteiger partial charge in [-0.1, -0.05) is 13.8 Å². The van der Waals surface area contributed by atoms with E-state index in [1.165, 1.54) is 5.70 Å². The molecular weight excluding hydrogens is 272 g/mol. The van der Waals surface area contributed by atoms with Gasteiger partial charge in [-0.05, 0) is 25.0 Å². The van der Waals surface area contributed by atoms with E-state index in [-0.39, 0.29) is 11.7 Å². The van der Waals surface area contributed by atoms with Crippen LogP contribution in [0.1, 0.15) is 20.8 Å². The fourth-order valence-corrected chi connectivity index (χ4v) is 3.14. The van der Waals surface area contributed by atoms with E-state index in [1.807, 2.05) is 18.7 Å². The molecule has 2 atom stereocenters. The smallest absolute Gasteiger partial charge is 0.140 e. The van der Waals surface area contributed by atoms with Gasteiger partial charge in [-0.2, -0.15) is 0 Å². The summed E-state index contributed by atoms with van der Waals surface area (Å²) in [6.07, 6.45) is 6.67. The van der Waals surface area contributed by atoms with Crippen molar-refractivity contribution in [3.63, 3.8) is 0 Å². The molecule has 0 radical (unpaired) electrons. The molecule has 2 rings (SSSR count). The molecule has 114 valence electrons. The summed E-state index contributed by atoms with van der Waals surface area (Å²) in [5, 5.41) is 3.45. The predicted octanol–water partition coefficient (Wildman–Crippen LogP) is 2.40. The number of ether oxygens (including phenoxy) is 2. The highest BCUT2D eigenvalue weighted by Crippen LogP contribution is 2.28. The summed E-state index contributed by atoms with van der Waals surface area (Å²) in [7, 11) is 0. The average Bonchev–Trinajstić information content (AvgIpc) is 2.92. The topological polar surface area (TPSA) is 33.7 Å². The first kappa shape index (κ1) is 15.7. The van der Waals surface area contributed by atoms with Crippen LogP contribution in [0.2, 0.25) is 0 Å². The van der Waals surface area contributed by atoms with E-state index in [0.717, 1.165) is 25.4 Å². The van der Waals surface area contributed by atoms with Crippen molar-refractivity contribution in [2.75, 3.05) is 32.1 Å². The molecule has 0 aromatic carbocycles. The van der Waals surface area contributed by atoms with Gasteiger partial charge in [0.15, 0.2) is 0 Å². The van der Waals surface area contributed by atoms with Crippen LogP contribution in [0.4, 0.5) is 0 Å². The van der Waals surface area contributed by atoms with Gasteiger partial charge in [-0.25, -0.2) is 0 Å². The molecule has 0 bridgehead atoms. The molecule has 2 heterocycles. The molecule has 20 heavy (non-hydrogen) atoms. The van der Waals surface area contributed by atoms with Gasteiger partial charge in [0.25, 0.3) is 0 Å². The number of allylic oxidation sites excluding steroid dienone is 1.